The third-order valence-corrected chi connectivity index (χ3v) is 6.52. The van der Waals surface area contributed by atoms with Crippen molar-refractivity contribution in [3.05, 3.63) is 0 Å². The quantitative estimate of drug-likeness (QED) is 0.764. The first kappa shape index (κ1) is 16.7. The minimum absolute atomic E-state index is 0.265. The normalized spacial score (nSPS) is 23.4. The monoisotopic (exact) mass is 318 g/mol. The standard InChI is InChI=1S/C14H26N2O4S/c1-12(17)10-15-6-8-16(9-7-15)14(18)11-21(19,20)13-4-2-3-5-13/h12-13,17H,2-11H2,1H3/t12-/m1/s1. The highest BCUT2D eigenvalue weighted by Crippen LogP contribution is 2.25. The summed E-state index contributed by atoms with van der Waals surface area (Å²) in [6.07, 6.45) is 2.94. The number of hydrogen-bond acceptors (Lipinski definition) is 5. The van der Waals surface area contributed by atoms with Crippen molar-refractivity contribution < 1.29 is 18.3 Å². The highest BCUT2D eigenvalue weighted by molar-refractivity contribution is 7.92. The number of carbonyl (C=O) groups excluding carboxylic acids is 1. The van der Waals surface area contributed by atoms with E-state index in [2.05, 4.69) is 4.90 Å². The van der Waals surface area contributed by atoms with Crippen LogP contribution in [-0.4, -0.2) is 79.1 Å². The Kier molecular flexibility index (Phi) is 5.62. The molecule has 6 nitrogen and oxygen atoms in total. The maximum atomic E-state index is 12.2. The van der Waals surface area contributed by atoms with E-state index in [1.807, 2.05) is 0 Å². The Morgan fingerprint density at radius 3 is 2.29 bits per heavy atom. The summed E-state index contributed by atoms with van der Waals surface area (Å²) < 4.78 is 24.4. The van der Waals surface area contributed by atoms with E-state index < -0.39 is 9.84 Å². The van der Waals surface area contributed by atoms with Gasteiger partial charge in [0, 0.05) is 32.7 Å². The van der Waals surface area contributed by atoms with E-state index in [9.17, 15) is 18.3 Å². The molecule has 0 bridgehead atoms. The number of β-amino-alcohol motifs (C(OH)–C–C–N with tert-alkyl or cyclic N) is 1. The van der Waals surface area contributed by atoms with Crippen LogP contribution in [-0.2, 0) is 14.6 Å². The fourth-order valence-corrected chi connectivity index (χ4v) is 5.00. The summed E-state index contributed by atoms with van der Waals surface area (Å²) >= 11 is 0. The van der Waals surface area contributed by atoms with Crippen LogP contribution in [0.25, 0.3) is 0 Å². The zero-order chi connectivity index (χ0) is 15.5. The molecule has 0 unspecified atom stereocenters. The molecule has 1 aliphatic heterocycles. The molecule has 21 heavy (non-hydrogen) atoms. The van der Waals surface area contributed by atoms with Crippen molar-refractivity contribution in [3.8, 4) is 0 Å². The van der Waals surface area contributed by atoms with Gasteiger partial charge in [-0.2, -0.15) is 0 Å². The van der Waals surface area contributed by atoms with Gasteiger partial charge in [0.05, 0.1) is 11.4 Å². The molecule has 1 heterocycles. The molecule has 0 aromatic carbocycles. The van der Waals surface area contributed by atoms with Gasteiger partial charge >= 0.3 is 0 Å². The molecule has 7 heteroatoms. The number of piperazine rings is 1. The van der Waals surface area contributed by atoms with Crippen molar-refractivity contribution >= 4 is 15.7 Å². The number of amides is 1. The number of aliphatic hydroxyl groups excluding tert-OH is 1. The van der Waals surface area contributed by atoms with Gasteiger partial charge in [0.2, 0.25) is 5.91 Å². The predicted octanol–water partition coefficient (Wildman–Crippen LogP) is -0.131. The predicted molar refractivity (Wildman–Crippen MR) is 80.7 cm³/mol. The summed E-state index contributed by atoms with van der Waals surface area (Å²) in [7, 11) is -3.29. The van der Waals surface area contributed by atoms with E-state index in [4.69, 9.17) is 0 Å². The van der Waals surface area contributed by atoms with Crippen LogP contribution in [0.2, 0.25) is 0 Å². The van der Waals surface area contributed by atoms with Gasteiger partial charge in [-0.15, -0.1) is 0 Å². The minimum atomic E-state index is -3.29. The van der Waals surface area contributed by atoms with Gasteiger partial charge in [-0.25, -0.2) is 8.42 Å². The van der Waals surface area contributed by atoms with E-state index in [0.29, 0.717) is 45.6 Å². The number of sulfone groups is 1. The first-order valence-electron chi connectivity index (χ1n) is 7.78. The van der Waals surface area contributed by atoms with Crippen molar-refractivity contribution in [2.75, 3.05) is 38.5 Å². The molecule has 2 rings (SSSR count). The summed E-state index contributed by atoms with van der Waals surface area (Å²) in [4.78, 5) is 15.9. The van der Waals surface area contributed by atoms with Crippen LogP contribution in [0.3, 0.4) is 0 Å². The van der Waals surface area contributed by atoms with Crippen LogP contribution in [0.4, 0.5) is 0 Å². The highest BCUT2D eigenvalue weighted by atomic mass is 32.2. The Morgan fingerprint density at radius 1 is 1.19 bits per heavy atom. The zero-order valence-corrected chi connectivity index (χ0v) is 13.5. The summed E-state index contributed by atoms with van der Waals surface area (Å²) in [5.74, 6) is -0.604. The molecule has 122 valence electrons. The molecule has 0 radical (unpaired) electrons. The Labute approximate surface area is 127 Å². The number of hydrogen-bond donors (Lipinski definition) is 1. The second-order valence-electron chi connectivity index (χ2n) is 6.24. The number of aliphatic hydroxyl groups is 1. The average molecular weight is 318 g/mol. The molecule has 1 aliphatic carbocycles. The van der Waals surface area contributed by atoms with Crippen molar-refractivity contribution in [2.24, 2.45) is 0 Å². The van der Waals surface area contributed by atoms with Crippen LogP contribution in [0.15, 0.2) is 0 Å². The number of nitrogens with zero attached hydrogens (tertiary/aromatic N) is 2. The van der Waals surface area contributed by atoms with Crippen LogP contribution < -0.4 is 0 Å². The topological polar surface area (TPSA) is 77.9 Å². The Balaban J connectivity index is 1.82. The number of carbonyl (C=O) groups is 1. The van der Waals surface area contributed by atoms with E-state index >= 15 is 0 Å². The zero-order valence-electron chi connectivity index (χ0n) is 12.7. The Bertz CT molecular complexity index is 450. The lowest BCUT2D eigenvalue weighted by atomic mass is 10.3. The van der Waals surface area contributed by atoms with Crippen molar-refractivity contribution in [3.63, 3.8) is 0 Å². The lowest BCUT2D eigenvalue weighted by Gasteiger charge is -2.35. The lowest BCUT2D eigenvalue weighted by Crippen LogP contribution is -2.51. The summed E-state index contributed by atoms with van der Waals surface area (Å²) in [5.41, 5.74) is 0. The second-order valence-corrected chi connectivity index (χ2v) is 8.53. The molecule has 1 saturated carbocycles. The van der Waals surface area contributed by atoms with E-state index in [0.717, 1.165) is 12.8 Å². The van der Waals surface area contributed by atoms with Gasteiger partial charge in [0.1, 0.15) is 5.75 Å². The highest BCUT2D eigenvalue weighted by Gasteiger charge is 2.32. The maximum Gasteiger partial charge on any atom is 0.237 e. The number of rotatable bonds is 5. The van der Waals surface area contributed by atoms with Crippen molar-refractivity contribution in [1.82, 2.24) is 9.80 Å². The molecule has 1 atom stereocenters. The Morgan fingerprint density at radius 2 is 1.76 bits per heavy atom. The average Bonchev–Trinajstić information content (AvgIpc) is 2.93. The third kappa shape index (κ3) is 4.66. The first-order chi connectivity index (χ1) is 9.88. The molecule has 1 saturated heterocycles. The van der Waals surface area contributed by atoms with E-state index in [-0.39, 0.29) is 23.0 Å². The smallest absolute Gasteiger partial charge is 0.237 e. The van der Waals surface area contributed by atoms with Gasteiger partial charge in [-0.05, 0) is 19.8 Å². The minimum Gasteiger partial charge on any atom is -0.392 e. The summed E-state index contributed by atoms with van der Waals surface area (Å²) in [6.45, 7) is 4.83. The van der Waals surface area contributed by atoms with Crippen molar-refractivity contribution in [1.29, 1.82) is 0 Å². The molecule has 0 aromatic heterocycles. The van der Waals surface area contributed by atoms with E-state index in [1.54, 1.807) is 11.8 Å². The molecule has 2 aliphatic rings. The van der Waals surface area contributed by atoms with Gasteiger partial charge in [-0.3, -0.25) is 9.69 Å². The van der Waals surface area contributed by atoms with Crippen LogP contribution in [0, 0.1) is 0 Å². The van der Waals surface area contributed by atoms with Gasteiger partial charge < -0.3 is 10.0 Å². The molecule has 1 N–H and O–H groups in total. The fraction of sp³-hybridized carbons (Fsp3) is 0.929. The van der Waals surface area contributed by atoms with Gasteiger partial charge in [-0.1, -0.05) is 12.8 Å². The van der Waals surface area contributed by atoms with Crippen LogP contribution >= 0.6 is 0 Å². The molecular weight excluding hydrogens is 292 g/mol. The largest absolute Gasteiger partial charge is 0.392 e. The lowest BCUT2D eigenvalue weighted by molar-refractivity contribution is -0.130. The molecule has 0 spiro atoms. The van der Waals surface area contributed by atoms with Crippen LogP contribution in [0.1, 0.15) is 32.6 Å². The fourth-order valence-electron chi connectivity index (χ4n) is 3.18. The third-order valence-electron chi connectivity index (χ3n) is 4.38. The second kappa shape index (κ2) is 7.07. The van der Waals surface area contributed by atoms with E-state index in [1.165, 1.54) is 0 Å². The molecule has 1 amide bonds. The summed E-state index contributed by atoms with van der Waals surface area (Å²) in [5, 5.41) is 9.04. The Hall–Kier alpha value is -0.660. The maximum absolute atomic E-state index is 12.2. The molecule has 2 fully saturated rings. The molecular formula is C14H26N2O4S. The molecule has 0 aromatic rings. The summed E-state index contributed by atoms with van der Waals surface area (Å²) in [6, 6.07) is 0. The van der Waals surface area contributed by atoms with Gasteiger partial charge in [0.25, 0.3) is 0 Å². The first-order valence-corrected chi connectivity index (χ1v) is 9.50. The van der Waals surface area contributed by atoms with Crippen molar-refractivity contribution in [2.45, 2.75) is 44.0 Å². The van der Waals surface area contributed by atoms with Gasteiger partial charge in [0.15, 0.2) is 9.84 Å². The van der Waals surface area contributed by atoms with Crippen LogP contribution in [0.5, 0.6) is 0 Å². The SMILES string of the molecule is C[C@@H](O)CN1CCN(C(=O)CS(=O)(=O)C2CCCC2)CC1.